The van der Waals surface area contributed by atoms with Crippen LogP contribution in [0.2, 0.25) is 0 Å². The number of nitrogens with zero attached hydrogens (tertiary/aromatic N) is 1. The van der Waals surface area contributed by atoms with E-state index in [1.807, 2.05) is 32.9 Å². The van der Waals surface area contributed by atoms with Crippen molar-refractivity contribution in [2.75, 3.05) is 6.54 Å². The van der Waals surface area contributed by atoms with Gasteiger partial charge in [0.15, 0.2) is 0 Å². The summed E-state index contributed by atoms with van der Waals surface area (Å²) in [5, 5.41) is 0. The first-order chi connectivity index (χ1) is 9.42. The topological polar surface area (TPSA) is 29.5 Å². The molecule has 1 aromatic carbocycles. The van der Waals surface area contributed by atoms with Gasteiger partial charge in [0.2, 0.25) is 0 Å². The van der Waals surface area contributed by atoms with Crippen molar-refractivity contribution in [1.29, 1.82) is 0 Å². The summed E-state index contributed by atoms with van der Waals surface area (Å²) in [4.78, 5) is 14.0. The number of rotatable bonds is 2. The Morgan fingerprint density at radius 3 is 2.80 bits per heavy atom. The molecule has 0 spiro atoms. The van der Waals surface area contributed by atoms with Gasteiger partial charge < -0.3 is 4.74 Å². The van der Waals surface area contributed by atoms with Crippen LogP contribution in [0.3, 0.4) is 0 Å². The third kappa shape index (κ3) is 3.14. The number of ether oxygens (including phenoxy) is 1. The molecule has 3 heteroatoms. The van der Waals surface area contributed by atoms with Gasteiger partial charge in [0, 0.05) is 0 Å². The van der Waals surface area contributed by atoms with Gasteiger partial charge in [0.05, 0.1) is 12.6 Å². The Morgan fingerprint density at radius 1 is 1.45 bits per heavy atom. The maximum Gasteiger partial charge on any atom is 0.411 e. The van der Waals surface area contributed by atoms with E-state index in [0.29, 0.717) is 0 Å². The van der Waals surface area contributed by atoms with Crippen LogP contribution in [-0.2, 0) is 11.2 Å². The van der Waals surface area contributed by atoms with Crippen LogP contribution < -0.4 is 0 Å². The summed E-state index contributed by atoms with van der Waals surface area (Å²) in [6.45, 7) is 5.86. The monoisotopic (exact) mass is 271 g/mol. The average Bonchev–Trinajstić information content (AvgIpc) is 2.77. The highest BCUT2D eigenvalue weighted by Gasteiger charge is 2.32. The Labute approximate surface area is 120 Å². The molecule has 2 rings (SSSR count). The lowest BCUT2D eigenvalue weighted by Gasteiger charge is -2.30. The minimum Gasteiger partial charge on any atom is -0.444 e. The first-order valence-electron chi connectivity index (χ1n) is 6.93. The molecule has 1 atom stereocenters. The van der Waals surface area contributed by atoms with Crippen molar-refractivity contribution in [1.82, 2.24) is 4.90 Å². The summed E-state index contributed by atoms with van der Waals surface area (Å²) >= 11 is 0. The molecule has 1 aliphatic carbocycles. The second-order valence-electron chi connectivity index (χ2n) is 6.07. The van der Waals surface area contributed by atoms with Gasteiger partial charge in [-0.05, 0) is 44.7 Å². The molecule has 106 valence electrons. The highest BCUT2D eigenvalue weighted by Crippen LogP contribution is 2.36. The molecule has 20 heavy (non-hydrogen) atoms. The molecule has 0 radical (unpaired) electrons. The zero-order chi connectivity index (χ0) is 14.8. The zero-order valence-electron chi connectivity index (χ0n) is 12.3. The van der Waals surface area contributed by atoms with Crippen LogP contribution in [0.5, 0.6) is 0 Å². The van der Waals surface area contributed by atoms with Crippen molar-refractivity contribution in [2.24, 2.45) is 0 Å². The van der Waals surface area contributed by atoms with Crippen molar-refractivity contribution < 1.29 is 9.53 Å². The third-order valence-electron chi connectivity index (χ3n) is 3.37. The van der Waals surface area contributed by atoms with Gasteiger partial charge in [-0.15, -0.1) is 6.42 Å². The highest BCUT2D eigenvalue weighted by atomic mass is 16.6. The van der Waals surface area contributed by atoms with E-state index in [2.05, 4.69) is 18.1 Å². The second kappa shape index (κ2) is 5.58. The lowest BCUT2D eigenvalue weighted by Crippen LogP contribution is -2.39. The molecular formula is C17H21NO2. The third-order valence-corrected chi connectivity index (χ3v) is 3.37. The van der Waals surface area contributed by atoms with Gasteiger partial charge in [-0.25, -0.2) is 4.79 Å². The first-order valence-corrected chi connectivity index (χ1v) is 6.93. The largest absolute Gasteiger partial charge is 0.444 e. The van der Waals surface area contributed by atoms with Crippen molar-refractivity contribution in [3.8, 4) is 12.3 Å². The molecule has 1 amide bonds. The van der Waals surface area contributed by atoms with Crippen LogP contribution >= 0.6 is 0 Å². The molecule has 1 aromatic rings. The number of terminal acetylenes is 1. The van der Waals surface area contributed by atoms with E-state index in [9.17, 15) is 4.79 Å². The number of amides is 1. The lowest BCUT2D eigenvalue weighted by atomic mass is 10.1. The van der Waals surface area contributed by atoms with Crippen LogP contribution in [0.4, 0.5) is 4.79 Å². The summed E-state index contributed by atoms with van der Waals surface area (Å²) in [5.41, 5.74) is 1.97. The number of carbonyl (C=O) groups is 1. The Hall–Kier alpha value is -1.95. The molecule has 1 aliphatic rings. The molecule has 3 nitrogen and oxygen atoms in total. The number of aryl methyl sites for hydroxylation is 1. The molecule has 0 N–H and O–H groups in total. The molecule has 0 fully saturated rings. The molecule has 0 bridgehead atoms. The first kappa shape index (κ1) is 14.5. The predicted molar refractivity (Wildman–Crippen MR) is 79.3 cm³/mol. The summed E-state index contributed by atoms with van der Waals surface area (Å²) < 4.78 is 5.47. The maximum absolute atomic E-state index is 12.4. The van der Waals surface area contributed by atoms with Gasteiger partial charge in [0.25, 0.3) is 0 Å². The highest BCUT2D eigenvalue weighted by molar-refractivity contribution is 5.69. The minimum absolute atomic E-state index is 0.0251. The van der Waals surface area contributed by atoms with E-state index in [0.717, 1.165) is 12.8 Å². The molecule has 0 saturated heterocycles. The van der Waals surface area contributed by atoms with E-state index in [4.69, 9.17) is 11.2 Å². The average molecular weight is 271 g/mol. The quantitative estimate of drug-likeness (QED) is 0.770. The summed E-state index contributed by atoms with van der Waals surface area (Å²) in [6.07, 6.45) is 6.96. The van der Waals surface area contributed by atoms with Crippen LogP contribution in [-0.4, -0.2) is 23.1 Å². The molecule has 0 heterocycles. The smallest absolute Gasteiger partial charge is 0.411 e. The molecule has 0 aromatic heterocycles. The summed E-state index contributed by atoms with van der Waals surface area (Å²) in [5.74, 6) is 2.57. The van der Waals surface area contributed by atoms with Crippen molar-refractivity contribution in [3.05, 3.63) is 35.4 Å². The predicted octanol–water partition coefficient (Wildman–Crippen LogP) is 3.54. The van der Waals surface area contributed by atoms with Crippen molar-refractivity contribution in [2.45, 2.75) is 45.3 Å². The fourth-order valence-electron chi connectivity index (χ4n) is 2.58. The normalized spacial score (nSPS) is 17.2. The zero-order valence-corrected chi connectivity index (χ0v) is 12.3. The van der Waals surface area contributed by atoms with E-state index in [1.165, 1.54) is 11.1 Å². The van der Waals surface area contributed by atoms with E-state index < -0.39 is 5.60 Å². The lowest BCUT2D eigenvalue weighted by molar-refractivity contribution is 0.0190. The Balaban J connectivity index is 2.23. The fraction of sp³-hybridized carbons (Fsp3) is 0.471. The minimum atomic E-state index is -0.512. The summed E-state index contributed by atoms with van der Waals surface area (Å²) in [7, 11) is 0. The van der Waals surface area contributed by atoms with Gasteiger partial charge in [-0.1, -0.05) is 30.2 Å². The van der Waals surface area contributed by atoms with Gasteiger partial charge >= 0.3 is 6.09 Å². The van der Waals surface area contributed by atoms with E-state index in [1.54, 1.807) is 4.90 Å². The fourth-order valence-corrected chi connectivity index (χ4v) is 2.58. The molecule has 0 unspecified atom stereocenters. The van der Waals surface area contributed by atoms with Crippen LogP contribution in [0.15, 0.2) is 24.3 Å². The van der Waals surface area contributed by atoms with Crippen LogP contribution in [0, 0.1) is 12.3 Å². The van der Waals surface area contributed by atoms with Crippen molar-refractivity contribution >= 4 is 6.09 Å². The van der Waals surface area contributed by atoms with E-state index in [-0.39, 0.29) is 18.7 Å². The van der Waals surface area contributed by atoms with Crippen LogP contribution in [0.25, 0.3) is 0 Å². The summed E-state index contributed by atoms with van der Waals surface area (Å²) in [6, 6.07) is 8.23. The number of benzene rings is 1. The molecular weight excluding hydrogens is 250 g/mol. The van der Waals surface area contributed by atoms with Crippen molar-refractivity contribution in [3.63, 3.8) is 0 Å². The van der Waals surface area contributed by atoms with E-state index >= 15 is 0 Å². The Kier molecular flexibility index (Phi) is 4.04. The van der Waals surface area contributed by atoms with Gasteiger partial charge in [-0.2, -0.15) is 0 Å². The molecule has 0 aliphatic heterocycles. The second-order valence-corrected chi connectivity index (χ2v) is 6.07. The number of fused-ring (bicyclic) bond motifs is 1. The maximum atomic E-state index is 12.4. The number of hydrogen-bond donors (Lipinski definition) is 0. The SMILES string of the molecule is C#CCN(C(=O)OC(C)(C)C)[C@@H]1CCc2ccccc21. The molecule has 0 saturated carbocycles. The standard InChI is InChI=1S/C17H21NO2/c1-5-12-18(16(19)20-17(2,3)4)15-11-10-13-8-6-7-9-14(13)15/h1,6-9,15H,10-12H2,2-4H3/t15-/m1/s1. The van der Waals surface area contributed by atoms with Crippen LogP contribution in [0.1, 0.15) is 44.4 Å². The Bertz CT molecular complexity index is 537. The number of hydrogen-bond acceptors (Lipinski definition) is 2. The van der Waals surface area contributed by atoms with Gasteiger partial charge in [-0.3, -0.25) is 4.90 Å². The Morgan fingerprint density at radius 2 is 2.15 bits per heavy atom. The van der Waals surface area contributed by atoms with Gasteiger partial charge in [0.1, 0.15) is 5.60 Å². The number of carbonyl (C=O) groups excluding carboxylic acids is 1.